The molecular weight excluding hydrogens is 314 g/mol. The van der Waals surface area contributed by atoms with Crippen LogP contribution >= 0.6 is 0 Å². The Hall–Kier alpha value is -1.55. The summed E-state index contributed by atoms with van der Waals surface area (Å²) in [7, 11) is -1.91. The van der Waals surface area contributed by atoms with Crippen molar-refractivity contribution in [1.82, 2.24) is 4.23 Å². The number of benzene rings is 1. The van der Waals surface area contributed by atoms with E-state index in [2.05, 4.69) is 64.1 Å². The summed E-state index contributed by atoms with van der Waals surface area (Å²) in [6.45, 7) is 16.3. The van der Waals surface area contributed by atoms with Gasteiger partial charge in [-0.1, -0.05) is 59.7 Å². The van der Waals surface area contributed by atoms with E-state index < -0.39 is 8.24 Å². The number of fused-ring (bicyclic) bond motifs is 1. The number of ether oxygens (including phenoxy) is 1. The van der Waals surface area contributed by atoms with E-state index in [1.807, 2.05) is 19.1 Å². The highest BCUT2D eigenvalue weighted by Gasteiger charge is 2.46. The Morgan fingerprint density at radius 3 is 2.08 bits per heavy atom. The van der Waals surface area contributed by atoms with Crippen LogP contribution < -0.4 is 0 Å². The predicted octanol–water partition coefficient (Wildman–Crippen LogP) is 5.84. The van der Waals surface area contributed by atoms with E-state index in [4.69, 9.17) is 4.74 Å². The van der Waals surface area contributed by atoms with E-state index in [9.17, 15) is 4.79 Å². The van der Waals surface area contributed by atoms with E-state index in [0.717, 1.165) is 5.39 Å². The molecule has 24 heavy (non-hydrogen) atoms. The van der Waals surface area contributed by atoms with Crippen molar-refractivity contribution in [3.63, 3.8) is 0 Å². The van der Waals surface area contributed by atoms with Gasteiger partial charge in [-0.15, -0.1) is 0 Å². The fraction of sp³-hybridized carbons (Fsp3) is 0.550. The normalized spacial score (nSPS) is 12.6. The molecule has 3 nitrogen and oxygen atoms in total. The van der Waals surface area contributed by atoms with Crippen LogP contribution in [0.2, 0.25) is 16.6 Å². The van der Waals surface area contributed by atoms with Crippen LogP contribution in [-0.4, -0.2) is 25.0 Å². The van der Waals surface area contributed by atoms with Crippen LogP contribution in [0, 0.1) is 0 Å². The molecule has 1 heterocycles. The molecule has 2 aromatic rings. The van der Waals surface area contributed by atoms with E-state index >= 15 is 0 Å². The van der Waals surface area contributed by atoms with Crippen molar-refractivity contribution in [2.45, 2.75) is 65.1 Å². The minimum Gasteiger partial charge on any atom is -0.462 e. The Morgan fingerprint density at radius 2 is 1.58 bits per heavy atom. The summed E-state index contributed by atoms with van der Waals surface area (Å²) in [6, 6.07) is 8.25. The highest BCUT2D eigenvalue weighted by atomic mass is 28.3. The molecule has 1 aromatic heterocycles. The largest absolute Gasteiger partial charge is 0.462 e. The fourth-order valence-electron chi connectivity index (χ4n) is 4.71. The third kappa shape index (κ3) is 2.81. The second-order valence-electron chi connectivity index (χ2n) is 7.50. The zero-order valence-corrected chi connectivity index (χ0v) is 17.1. The molecule has 0 aliphatic rings. The van der Waals surface area contributed by atoms with Crippen LogP contribution in [0.1, 0.15) is 58.8 Å². The van der Waals surface area contributed by atoms with Crippen molar-refractivity contribution in [2.75, 3.05) is 6.61 Å². The number of esters is 1. The molecule has 0 N–H and O–H groups in total. The van der Waals surface area contributed by atoms with Crippen LogP contribution in [0.5, 0.6) is 0 Å². The van der Waals surface area contributed by atoms with Gasteiger partial charge in [-0.25, -0.2) is 4.79 Å². The van der Waals surface area contributed by atoms with Gasteiger partial charge in [0.05, 0.1) is 12.2 Å². The number of hydrogen-bond acceptors (Lipinski definition) is 2. The summed E-state index contributed by atoms with van der Waals surface area (Å²) in [5.74, 6) is -0.216. The third-order valence-corrected chi connectivity index (χ3v) is 12.2. The van der Waals surface area contributed by atoms with Crippen molar-refractivity contribution < 1.29 is 9.53 Å². The first-order chi connectivity index (χ1) is 11.3. The summed E-state index contributed by atoms with van der Waals surface area (Å²) in [6.07, 6.45) is 2.08. The summed E-state index contributed by atoms with van der Waals surface area (Å²) >= 11 is 0. The number of para-hydroxylation sites is 1. The molecule has 0 spiro atoms. The smallest absolute Gasteiger partial charge is 0.340 e. The monoisotopic (exact) mass is 345 g/mol. The van der Waals surface area contributed by atoms with Crippen molar-refractivity contribution >= 4 is 25.1 Å². The highest BCUT2D eigenvalue weighted by Crippen LogP contribution is 2.44. The Kier molecular flexibility index (Phi) is 5.58. The number of rotatable bonds is 6. The average Bonchev–Trinajstić information content (AvgIpc) is 2.87. The summed E-state index contributed by atoms with van der Waals surface area (Å²) in [5, 5.41) is 1.01. The van der Waals surface area contributed by atoms with Crippen LogP contribution in [0.4, 0.5) is 0 Å². The molecule has 132 valence electrons. The number of carbonyl (C=O) groups is 1. The van der Waals surface area contributed by atoms with E-state index in [0.29, 0.717) is 28.8 Å². The van der Waals surface area contributed by atoms with Crippen molar-refractivity contribution in [3.05, 3.63) is 36.0 Å². The standard InChI is InChI=1S/C20H31NO2Si/c1-8-23-20(22)18-13-21(19-12-10-9-11-17(18)19)24(14(2)3,15(4)5)16(6)7/h9-16H,8H2,1-7H3. The van der Waals surface area contributed by atoms with Gasteiger partial charge in [0.1, 0.15) is 0 Å². The van der Waals surface area contributed by atoms with Gasteiger partial charge in [-0.05, 0) is 29.6 Å². The minimum absolute atomic E-state index is 0.216. The van der Waals surface area contributed by atoms with Gasteiger partial charge < -0.3 is 8.97 Å². The lowest BCUT2D eigenvalue weighted by Gasteiger charge is -2.44. The van der Waals surface area contributed by atoms with Crippen molar-refractivity contribution in [2.24, 2.45) is 0 Å². The molecule has 0 saturated heterocycles. The molecule has 0 atom stereocenters. The lowest BCUT2D eigenvalue weighted by Crippen LogP contribution is -2.51. The number of hydrogen-bond donors (Lipinski definition) is 0. The summed E-state index contributed by atoms with van der Waals surface area (Å²) in [4.78, 5) is 12.5. The number of carbonyl (C=O) groups excluding carboxylic acids is 1. The molecule has 0 radical (unpaired) electrons. The SMILES string of the molecule is CCOC(=O)c1cn([Si](C(C)C)(C(C)C)C(C)C)c2ccccc12. The van der Waals surface area contributed by atoms with Crippen LogP contribution in [0.15, 0.2) is 30.5 Å². The van der Waals surface area contributed by atoms with E-state index in [1.165, 1.54) is 5.52 Å². The number of nitrogens with zero attached hydrogens (tertiary/aromatic N) is 1. The molecule has 0 amide bonds. The molecular formula is C20H31NO2Si. The second kappa shape index (κ2) is 7.14. The molecule has 0 bridgehead atoms. The zero-order chi connectivity index (χ0) is 18.1. The van der Waals surface area contributed by atoms with Crippen LogP contribution in [0.25, 0.3) is 10.9 Å². The average molecular weight is 346 g/mol. The lowest BCUT2D eigenvalue weighted by atomic mass is 10.2. The predicted molar refractivity (Wildman–Crippen MR) is 104 cm³/mol. The second-order valence-corrected chi connectivity index (χ2v) is 13.2. The van der Waals surface area contributed by atoms with Gasteiger partial charge in [0.2, 0.25) is 0 Å². The molecule has 1 aromatic carbocycles. The highest BCUT2D eigenvalue weighted by molar-refractivity contribution is 6.82. The molecule has 0 saturated carbocycles. The molecule has 2 rings (SSSR count). The Balaban J connectivity index is 2.82. The summed E-state index contributed by atoms with van der Waals surface area (Å²) < 4.78 is 7.79. The van der Waals surface area contributed by atoms with Crippen LogP contribution in [0.3, 0.4) is 0 Å². The summed E-state index contributed by atoms with van der Waals surface area (Å²) in [5.41, 5.74) is 3.59. The zero-order valence-electron chi connectivity index (χ0n) is 16.1. The lowest BCUT2D eigenvalue weighted by molar-refractivity contribution is 0.0528. The Labute approximate surface area is 147 Å². The maximum atomic E-state index is 12.5. The Bertz CT molecular complexity index is 694. The molecule has 4 heteroatoms. The van der Waals surface area contributed by atoms with Crippen LogP contribution in [-0.2, 0) is 4.74 Å². The first-order valence-corrected chi connectivity index (χ1v) is 11.2. The maximum absolute atomic E-state index is 12.5. The van der Waals surface area contributed by atoms with Crippen molar-refractivity contribution in [1.29, 1.82) is 0 Å². The number of aromatic nitrogens is 1. The topological polar surface area (TPSA) is 31.2 Å². The molecule has 0 aliphatic carbocycles. The maximum Gasteiger partial charge on any atom is 0.340 e. The van der Waals surface area contributed by atoms with Gasteiger partial charge in [-0.2, -0.15) is 0 Å². The first-order valence-electron chi connectivity index (χ1n) is 9.06. The third-order valence-electron chi connectivity index (χ3n) is 5.40. The van der Waals surface area contributed by atoms with Gasteiger partial charge in [0.15, 0.2) is 8.24 Å². The quantitative estimate of drug-likeness (QED) is 0.486. The van der Waals surface area contributed by atoms with Gasteiger partial charge >= 0.3 is 5.97 Å². The molecule has 0 fully saturated rings. The minimum atomic E-state index is -1.91. The van der Waals surface area contributed by atoms with E-state index in [1.54, 1.807) is 0 Å². The molecule has 0 unspecified atom stereocenters. The van der Waals surface area contributed by atoms with Crippen molar-refractivity contribution in [3.8, 4) is 0 Å². The van der Waals surface area contributed by atoms with Gasteiger partial charge in [0.25, 0.3) is 0 Å². The first kappa shape index (κ1) is 18.8. The molecule has 0 aliphatic heterocycles. The Morgan fingerprint density at radius 1 is 1.04 bits per heavy atom. The van der Waals surface area contributed by atoms with Gasteiger partial charge in [-0.3, -0.25) is 0 Å². The van der Waals surface area contributed by atoms with E-state index in [-0.39, 0.29) is 5.97 Å². The van der Waals surface area contributed by atoms with Gasteiger partial charge in [0, 0.05) is 17.1 Å². The fourth-order valence-corrected chi connectivity index (χ4v) is 11.3.